The van der Waals surface area contributed by atoms with Crippen LogP contribution in [-0.2, 0) is 4.79 Å². The van der Waals surface area contributed by atoms with E-state index in [2.05, 4.69) is 0 Å². The molecule has 0 radical (unpaired) electrons. The highest BCUT2D eigenvalue weighted by atomic mass is 32.2. The zero-order chi connectivity index (χ0) is 6.43. The monoisotopic (exact) mass is 142 g/mol. The molecule has 2 aliphatic rings. The highest BCUT2D eigenvalue weighted by Gasteiger charge is 2.45. The van der Waals surface area contributed by atoms with E-state index >= 15 is 0 Å². The zero-order valence-electron chi connectivity index (χ0n) is 4.65. The van der Waals surface area contributed by atoms with E-state index in [1.807, 2.05) is 5.41 Å². The van der Waals surface area contributed by atoms with Crippen LogP contribution in [0.5, 0.6) is 0 Å². The second kappa shape index (κ2) is 1.52. The summed E-state index contributed by atoms with van der Waals surface area (Å²) in [5, 5.41) is 2.10. The molecule has 2 rings (SSSR count). The van der Waals surface area contributed by atoms with Gasteiger partial charge in [-0.15, -0.1) is 11.8 Å². The number of hydrogen-bond acceptors (Lipinski definition) is 3. The predicted molar refractivity (Wildman–Crippen MR) is 35.3 cm³/mol. The van der Waals surface area contributed by atoms with Gasteiger partial charge >= 0.3 is 0 Å². The number of carbonyl (C=O) groups excluding carboxylic acids is 1. The van der Waals surface area contributed by atoms with E-state index in [9.17, 15) is 4.79 Å². The Kier molecular flexibility index (Phi) is 0.896. The van der Waals surface area contributed by atoms with E-state index in [4.69, 9.17) is 5.73 Å². The summed E-state index contributed by atoms with van der Waals surface area (Å²) in [6.07, 6.45) is 1.78. The van der Waals surface area contributed by atoms with Crippen molar-refractivity contribution in [3.05, 3.63) is 11.6 Å². The molecule has 48 valence electrons. The van der Waals surface area contributed by atoms with E-state index in [0.717, 1.165) is 0 Å². The second-order valence-electron chi connectivity index (χ2n) is 2.08. The lowest BCUT2D eigenvalue weighted by Gasteiger charge is -2.38. The van der Waals surface area contributed by atoms with Crippen LogP contribution in [0.2, 0.25) is 0 Å². The Morgan fingerprint density at radius 3 is 3.22 bits per heavy atom. The van der Waals surface area contributed by atoms with Gasteiger partial charge in [-0.25, -0.2) is 0 Å². The van der Waals surface area contributed by atoms with Crippen LogP contribution in [0.3, 0.4) is 0 Å². The number of β-lactam (4-membered cyclic amide) rings is 1. The molecule has 0 aromatic rings. The molecular weight excluding hydrogens is 136 g/mol. The van der Waals surface area contributed by atoms with Gasteiger partial charge in [-0.2, -0.15) is 0 Å². The van der Waals surface area contributed by atoms with Crippen LogP contribution < -0.4 is 5.73 Å². The van der Waals surface area contributed by atoms with Crippen molar-refractivity contribution in [1.29, 1.82) is 0 Å². The van der Waals surface area contributed by atoms with Gasteiger partial charge in [-0.1, -0.05) is 0 Å². The van der Waals surface area contributed by atoms with Gasteiger partial charge in [-0.05, 0) is 5.41 Å². The normalized spacial score (nSPS) is 38.8. The van der Waals surface area contributed by atoms with E-state index < -0.39 is 0 Å². The first-order valence-corrected chi connectivity index (χ1v) is 3.65. The number of fused-ring (bicyclic) bond motifs is 1. The van der Waals surface area contributed by atoms with Crippen LogP contribution in [0.1, 0.15) is 0 Å². The number of hydrogen-bond donors (Lipinski definition) is 1. The summed E-state index contributed by atoms with van der Waals surface area (Å²) in [5.74, 6) is 0.0428. The molecular formula is C5H6N2OS. The van der Waals surface area contributed by atoms with Crippen molar-refractivity contribution in [3.63, 3.8) is 0 Å². The lowest BCUT2D eigenvalue weighted by Crippen LogP contribution is -2.63. The minimum Gasteiger partial charge on any atom is -0.317 e. The molecule has 2 heterocycles. The molecule has 9 heavy (non-hydrogen) atoms. The first-order valence-electron chi connectivity index (χ1n) is 2.70. The predicted octanol–water partition coefficient (Wildman–Crippen LogP) is -0.300. The fraction of sp³-hybridized carbons (Fsp3) is 0.400. The van der Waals surface area contributed by atoms with Gasteiger partial charge in [-0.3, -0.25) is 4.79 Å². The van der Waals surface area contributed by atoms with Crippen molar-refractivity contribution in [2.24, 2.45) is 5.73 Å². The summed E-state index contributed by atoms with van der Waals surface area (Å²) in [5.41, 5.74) is 5.46. The molecule has 3 nitrogen and oxygen atoms in total. The molecule has 0 saturated carbocycles. The number of nitrogens with two attached hydrogens (primary N) is 1. The number of nitrogens with zero attached hydrogens (tertiary/aromatic N) is 1. The van der Waals surface area contributed by atoms with Crippen molar-refractivity contribution >= 4 is 17.7 Å². The van der Waals surface area contributed by atoms with Crippen molar-refractivity contribution in [2.75, 3.05) is 0 Å². The van der Waals surface area contributed by atoms with Crippen LogP contribution in [0.25, 0.3) is 0 Å². The van der Waals surface area contributed by atoms with Gasteiger partial charge in [0.15, 0.2) is 0 Å². The molecule has 1 saturated heterocycles. The van der Waals surface area contributed by atoms with Crippen LogP contribution in [0, 0.1) is 0 Å². The third kappa shape index (κ3) is 0.495. The largest absolute Gasteiger partial charge is 0.317 e. The fourth-order valence-electron chi connectivity index (χ4n) is 1.00. The van der Waals surface area contributed by atoms with Gasteiger partial charge in [0.2, 0.25) is 5.91 Å². The Morgan fingerprint density at radius 1 is 1.78 bits per heavy atom. The third-order valence-electron chi connectivity index (χ3n) is 1.56. The van der Waals surface area contributed by atoms with Crippen molar-refractivity contribution in [2.45, 2.75) is 11.4 Å². The smallest absolute Gasteiger partial charge is 0.247 e. The van der Waals surface area contributed by atoms with Crippen LogP contribution >= 0.6 is 11.8 Å². The molecule has 0 aromatic heterocycles. The maximum Gasteiger partial charge on any atom is 0.247 e. The maximum atomic E-state index is 10.8. The van der Waals surface area contributed by atoms with E-state index in [-0.39, 0.29) is 17.3 Å². The Labute approximate surface area is 56.9 Å². The Balaban J connectivity index is 2.21. The summed E-state index contributed by atoms with van der Waals surface area (Å²) in [7, 11) is 0. The summed E-state index contributed by atoms with van der Waals surface area (Å²) in [6, 6.07) is -0.259. The number of rotatable bonds is 0. The van der Waals surface area contributed by atoms with Gasteiger partial charge in [0.05, 0.1) is 0 Å². The first-order chi connectivity index (χ1) is 4.30. The van der Waals surface area contributed by atoms with Gasteiger partial charge in [0.25, 0.3) is 0 Å². The summed E-state index contributed by atoms with van der Waals surface area (Å²) in [4.78, 5) is 12.4. The third-order valence-corrected chi connectivity index (χ3v) is 2.64. The molecule has 4 heteroatoms. The molecule has 2 aliphatic heterocycles. The molecule has 2 atom stereocenters. The Bertz CT molecular complexity index is 191. The maximum absolute atomic E-state index is 10.8. The van der Waals surface area contributed by atoms with Gasteiger partial charge in [0, 0.05) is 6.20 Å². The molecule has 1 unspecified atom stereocenters. The van der Waals surface area contributed by atoms with Gasteiger partial charge in [0.1, 0.15) is 11.4 Å². The van der Waals surface area contributed by atoms with Crippen molar-refractivity contribution < 1.29 is 4.79 Å². The average Bonchev–Trinajstić information content (AvgIpc) is 2.30. The molecule has 0 spiro atoms. The SMILES string of the molecule is NC1C(=O)N2C=CS[C@H]12. The minimum atomic E-state index is -0.259. The van der Waals surface area contributed by atoms with Crippen LogP contribution in [0.15, 0.2) is 11.6 Å². The van der Waals surface area contributed by atoms with E-state index in [0.29, 0.717) is 0 Å². The molecule has 1 fully saturated rings. The van der Waals surface area contributed by atoms with E-state index in [1.54, 1.807) is 22.9 Å². The second-order valence-corrected chi connectivity index (χ2v) is 3.11. The molecule has 0 aromatic carbocycles. The van der Waals surface area contributed by atoms with Crippen LogP contribution in [0.4, 0.5) is 0 Å². The summed E-state index contributed by atoms with van der Waals surface area (Å²) >= 11 is 1.60. The average molecular weight is 142 g/mol. The molecule has 0 bridgehead atoms. The number of thioether (sulfide) groups is 1. The van der Waals surface area contributed by atoms with Crippen molar-refractivity contribution in [1.82, 2.24) is 4.90 Å². The number of carbonyl (C=O) groups is 1. The number of amides is 1. The molecule has 2 N–H and O–H groups in total. The lowest BCUT2D eigenvalue weighted by atomic mass is 10.1. The zero-order valence-corrected chi connectivity index (χ0v) is 5.47. The van der Waals surface area contributed by atoms with Gasteiger partial charge < -0.3 is 10.6 Å². The Morgan fingerprint density at radius 2 is 2.56 bits per heavy atom. The summed E-state index contributed by atoms with van der Waals surface area (Å²) < 4.78 is 0. The molecule has 0 aliphatic carbocycles. The standard InChI is InChI=1S/C5H6N2OS/c6-3-4(8)7-1-2-9-5(3)7/h1-3,5H,6H2/t3?,5-/m1/s1. The molecule has 1 amide bonds. The lowest BCUT2D eigenvalue weighted by molar-refractivity contribution is -0.139. The fourth-order valence-corrected chi connectivity index (χ4v) is 1.95. The Hall–Kier alpha value is -0.480. The first kappa shape index (κ1) is 5.32. The van der Waals surface area contributed by atoms with Crippen molar-refractivity contribution in [3.8, 4) is 0 Å². The summed E-state index contributed by atoms with van der Waals surface area (Å²) in [6.45, 7) is 0. The topological polar surface area (TPSA) is 46.3 Å². The van der Waals surface area contributed by atoms with Crippen LogP contribution in [-0.4, -0.2) is 22.2 Å². The minimum absolute atomic E-state index is 0.0428. The van der Waals surface area contributed by atoms with E-state index in [1.165, 1.54) is 0 Å². The quantitative estimate of drug-likeness (QED) is 0.472. The highest BCUT2D eigenvalue weighted by Crippen LogP contribution is 2.34. The highest BCUT2D eigenvalue weighted by molar-refractivity contribution is 8.03.